The molecule has 0 aromatic carbocycles. The van der Waals surface area contributed by atoms with Crippen molar-refractivity contribution in [3.05, 3.63) is 18.0 Å². The molecule has 6 heteroatoms. The molecule has 1 amide bonds. The second-order valence-corrected chi connectivity index (χ2v) is 4.67. The smallest absolute Gasteiger partial charge is 0.264 e. The minimum absolute atomic E-state index is 0.116. The molecule has 1 aliphatic heterocycles. The molecule has 0 N–H and O–H groups in total. The Kier molecular flexibility index (Phi) is 1.29. The Balaban J connectivity index is 2.87. The summed E-state index contributed by atoms with van der Waals surface area (Å²) in [6.07, 6.45) is 2.81. The summed E-state index contributed by atoms with van der Waals surface area (Å²) in [6, 6.07) is 1.51. The molecule has 2 heterocycles. The molecule has 62 valence electrons. The highest BCUT2D eigenvalue weighted by Crippen LogP contribution is 2.21. The number of rotatable bonds is 0. The molecular formula is C6H5N3O2S. The Bertz CT molecular complexity index is 473. The van der Waals surface area contributed by atoms with Crippen LogP contribution in [-0.4, -0.2) is 26.6 Å². The maximum Gasteiger partial charge on any atom is 0.307 e. The third kappa shape index (κ3) is 0.845. The quantitative estimate of drug-likeness (QED) is 0.571. The highest BCUT2D eigenvalue weighted by molar-refractivity contribution is 7.93. The summed E-state index contributed by atoms with van der Waals surface area (Å²) >= 11 is 0. The topological polar surface area (TPSA) is 72.3 Å². The van der Waals surface area contributed by atoms with Crippen LogP contribution in [0.4, 0.5) is 0 Å². The first-order valence-electron chi connectivity index (χ1n) is 3.19. The van der Waals surface area contributed by atoms with Crippen molar-refractivity contribution in [2.75, 3.05) is 6.26 Å². The number of amides is 1. The Morgan fingerprint density at radius 2 is 2.25 bits per heavy atom. The highest BCUT2D eigenvalue weighted by Gasteiger charge is 2.27. The van der Waals surface area contributed by atoms with Crippen LogP contribution in [0.3, 0.4) is 0 Å². The van der Waals surface area contributed by atoms with Gasteiger partial charge in [0, 0.05) is 6.26 Å². The molecule has 0 fully saturated rings. The van der Waals surface area contributed by atoms with Crippen LogP contribution in [0, 0.1) is 0 Å². The van der Waals surface area contributed by atoms with Gasteiger partial charge in [-0.3, -0.25) is 4.79 Å². The van der Waals surface area contributed by atoms with Crippen molar-refractivity contribution >= 4 is 15.6 Å². The number of nitrogens with zero attached hydrogens (tertiary/aromatic N) is 3. The van der Waals surface area contributed by atoms with E-state index in [0.29, 0.717) is 4.90 Å². The predicted molar refractivity (Wildman–Crippen MR) is 41.1 cm³/mol. The number of hydrogen-bond acceptors (Lipinski definition) is 4. The molecule has 1 unspecified atom stereocenters. The van der Waals surface area contributed by atoms with Crippen LogP contribution in [0.1, 0.15) is 10.5 Å². The molecule has 2 rings (SSSR count). The van der Waals surface area contributed by atoms with Gasteiger partial charge in [0.05, 0.1) is 20.8 Å². The molecule has 1 aromatic rings. The normalized spacial score (nSPS) is 26.6. The Labute approximate surface area is 69.0 Å². The van der Waals surface area contributed by atoms with Gasteiger partial charge in [-0.25, -0.2) is 4.21 Å². The van der Waals surface area contributed by atoms with Crippen molar-refractivity contribution in [3.8, 4) is 0 Å². The van der Waals surface area contributed by atoms with Crippen molar-refractivity contribution in [1.82, 2.24) is 10.2 Å². The number of carbonyl (C=O) groups is 1. The van der Waals surface area contributed by atoms with Crippen LogP contribution in [0.25, 0.3) is 0 Å². The van der Waals surface area contributed by atoms with Crippen LogP contribution in [-0.2, 0) is 9.73 Å². The van der Waals surface area contributed by atoms with E-state index in [1.807, 2.05) is 0 Å². The SMILES string of the molecule is CS1(=O)=NC(=O)c2nnccc21. The van der Waals surface area contributed by atoms with Gasteiger partial charge in [-0.1, -0.05) is 0 Å². The van der Waals surface area contributed by atoms with E-state index in [4.69, 9.17) is 0 Å². The lowest BCUT2D eigenvalue weighted by molar-refractivity contribution is 0.1000. The van der Waals surface area contributed by atoms with Crippen molar-refractivity contribution in [2.24, 2.45) is 4.36 Å². The second kappa shape index (κ2) is 2.10. The zero-order chi connectivity index (χ0) is 8.77. The Morgan fingerprint density at radius 1 is 1.50 bits per heavy atom. The van der Waals surface area contributed by atoms with Gasteiger partial charge in [-0.15, -0.1) is 5.10 Å². The minimum Gasteiger partial charge on any atom is -0.264 e. The van der Waals surface area contributed by atoms with Crippen molar-refractivity contribution in [1.29, 1.82) is 0 Å². The molecule has 0 bridgehead atoms. The monoisotopic (exact) mass is 183 g/mol. The zero-order valence-corrected chi connectivity index (χ0v) is 7.04. The van der Waals surface area contributed by atoms with Gasteiger partial charge in [0.15, 0.2) is 5.69 Å². The summed E-state index contributed by atoms with van der Waals surface area (Å²) in [5, 5.41) is 7.08. The summed E-state index contributed by atoms with van der Waals surface area (Å²) < 4.78 is 15.0. The van der Waals surface area contributed by atoms with Gasteiger partial charge in [0.2, 0.25) is 0 Å². The van der Waals surface area contributed by atoms with Crippen LogP contribution < -0.4 is 0 Å². The molecule has 0 aliphatic carbocycles. The average molecular weight is 183 g/mol. The van der Waals surface area contributed by atoms with Gasteiger partial charge in [-0.2, -0.15) is 9.46 Å². The molecule has 0 saturated heterocycles. The van der Waals surface area contributed by atoms with Crippen LogP contribution in [0.2, 0.25) is 0 Å². The summed E-state index contributed by atoms with van der Waals surface area (Å²) in [5.74, 6) is -0.536. The van der Waals surface area contributed by atoms with E-state index in [-0.39, 0.29) is 5.69 Å². The van der Waals surface area contributed by atoms with E-state index >= 15 is 0 Å². The first-order valence-corrected chi connectivity index (χ1v) is 5.12. The first kappa shape index (κ1) is 7.35. The standard InChI is InChI=1S/C6H5N3O2S/c1-12(11)4-2-3-7-8-5(4)6(10)9-12/h2-3H,1H3. The van der Waals surface area contributed by atoms with E-state index in [0.717, 1.165) is 0 Å². The van der Waals surface area contributed by atoms with E-state index in [2.05, 4.69) is 14.6 Å². The van der Waals surface area contributed by atoms with Crippen molar-refractivity contribution < 1.29 is 9.00 Å². The highest BCUT2D eigenvalue weighted by atomic mass is 32.2. The summed E-state index contributed by atoms with van der Waals surface area (Å²) in [5.41, 5.74) is 0.116. The predicted octanol–water partition coefficient (Wildman–Crippen LogP) is 0.0871. The zero-order valence-electron chi connectivity index (χ0n) is 6.22. The number of hydrogen-bond donors (Lipinski definition) is 0. The third-order valence-electron chi connectivity index (χ3n) is 1.55. The lowest BCUT2D eigenvalue weighted by Crippen LogP contribution is -1.99. The Morgan fingerprint density at radius 3 is 2.92 bits per heavy atom. The van der Waals surface area contributed by atoms with Gasteiger partial charge in [-0.05, 0) is 6.07 Å². The molecule has 1 aliphatic rings. The molecule has 5 nitrogen and oxygen atoms in total. The molecule has 0 radical (unpaired) electrons. The summed E-state index contributed by atoms with van der Waals surface area (Å²) in [7, 11) is -2.53. The maximum atomic E-state index is 11.6. The first-order chi connectivity index (χ1) is 5.61. The van der Waals surface area contributed by atoms with Gasteiger partial charge < -0.3 is 0 Å². The van der Waals surface area contributed by atoms with E-state index in [1.165, 1.54) is 18.5 Å². The van der Waals surface area contributed by atoms with Crippen molar-refractivity contribution in [2.45, 2.75) is 4.90 Å². The largest absolute Gasteiger partial charge is 0.307 e. The molecule has 1 aromatic heterocycles. The molecule has 1 atom stereocenters. The van der Waals surface area contributed by atoms with E-state index in [1.54, 1.807) is 0 Å². The summed E-state index contributed by atoms with van der Waals surface area (Å²) in [4.78, 5) is 11.4. The fourth-order valence-electron chi connectivity index (χ4n) is 1.02. The van der Waals surface area contributed by atoms with Gasteiger partial charge >= 0.3 is 5.91 Å². The Hall–Kier alpha value is -1.30. The fourth-order valence-corrected chi connectivity index (χ4v) is 2.33. The number of fused-ring (bicyclic) bond motifs is 1. The second-order valence-electron chi connectivity index (χ2n) is 2.44. The third-order valence-corrected chi connectivity index (χ3v) is 3.21. The molecule has 0 saturated carbocycles. The van der Waals surface area contributed by atoms with Crippen LogP contribution in [0.5, 0.6) is 0 Å². The fraction of sp³-hybridized carbons (Fsp3) is 0.167. The van der Waals surface area contributed by atoms with Gasteiger partial charge in [0.25, 0.3) is 0 Å². The molecule has 0 spiro atoms. The van der Waals surface area contributed by atoms with Crippen LogP contribution >= 0.6 is 0 Å². The van der Waals surface area contributed by atoms with E-state index in [9.17, 15) is 9.00 Å². The lowest BCUT2D eigenvalue weighted by Gasteiger charge is -1.94. The van der Waals surface area contributed by atoms with E-state index < -0.39 is 15.6 Å². The minimum atomic E-state index is -2.53. The maximum absolute atomic E-state index is 11.6. The molecular weight excluding hydrogens is 178 g/mol. The molecule has 12 heavy (non-hydrogen) atoms. The van der Waals surface area contributed by atoms with Gasteiger partial charge in [0.1, 0.15) is 0 Å². The van der Waals surface area contributed by atoms with Crippen LogP contribution in [0.15, 0.2) is 21.5 Å². The summed E-state index contributed by atoms with van der Waals surface area (Å²) in [6.45, 7) is 0. The average Bonchev–Trinajstić information content (AvgIpc) is 2.25. The number of carbonyl (C=O) groups excluding carboxylic acids is 1. The number of aromatic nitrogens is 2. The lowest BCUT2D eigenvalue weighted by atomic mass is 10.4. The van der Waals surface area contributed by atoms with Crippen molar-refractivity contribution in [3.63, 3.8) is 0 Å².